The number of alkyl halides is 4. The number of benzene rings is 1. The normalized spacial score (nSPS) is 16.1. The second-order valence-electron chi connectivity index (χ2n) is 8.66. The van der Waals surface area contributed by atoms with Gasteiger partial charge in [-0.2, -0.15) is 13.2 Å². The number of nitrogens with zero attached hydrogens (tertiary/aromatic N) is 4. The van der Waals surface area contributed by atoms with Crippen LogP contribution in [0, 0.1) is 0 Å². The van der Waals surface area contributed by atoms with Crippen molar-refractivity contribution in [2.45, 2.75) is 36.5 Å². The maximum Gasteiger partial charge on any atom is 0.454 e. The number of Topliss-reactive ketones (excluding diaryl/α,β-unsaturated/α-hetero) is 1. The molecule has 1 fully saturated rings. The summed E-state index contributed by atoms with van der Waals surface area (Å²) in [6.45, 7) is 6.36. The van der Waals surface area contributed by atoms with Crippen molar-refractivity contribution >= 4 is 39.4 Å². The molecule has 0 radical (unpaired) electrons. The average molecular weight is 584 g/mol. The molecule has 0 saturated carbocycles. The number of rotatable bonds is 8. The van der Waals surface area contributed by atoms with E-state index in [1.807, 2.05) is 0 Å². The lowest BCUT2D eigenvalue weighted by atomic mass is 10.1. The molecular formula is C25H28F3IN4O. The molecule has 1 aliphatic rings. The molecule has 1 aromatic carbocycles. The third kappa shape index (κ3) is 5.98. The molecule has 3 heterocycles. The van der Waals surface area contributed by atoms with Gasteiger partial charge in [-0.25, -0.2) is 4.98 Å². The van der Waals surface area contributed by atoms with Crippen LogP contribution in [0.4, 0.5) is 13.2 Å². The van der Waals surface area contributed by atoms with Gasteiger partial charge in [0.1, 0.15) is 5.65 Å². The summed E-state index contributed by atoms with van der Waals surface area (Å²) in [4.78, 5) is 21.0. The predicted octanol–water partition coefficient (Wildman–Crippen LogP) is 5.31. The fourth-order valence-corrected chi connectivity index (χ4v) is 5.32. The summed E-state index contributed by atoms with van der Waals surface area (Å²) in [6.07, 6.45) is -0.186. The largest absolute Gasteiger partial charge is 0.454 e. The van der Waals surface area contributed by atoms with Gasteiger partial charge in [0.05, 0.1) is 5.56 Å². The van der Waals surface area contributed by atoms with Crippen LogP contribution < -0.4 is 0 Å². The molecule has 182 valence electrons. The quantitative estimate of drug-likeness (QED) is 0.205. The summed E-state index contributed by atoms with van der Waals surface area (Å²) >= 11 is 2.41. The van der Waals surface area contributed by atoms with E-state index >= 15 is 0 Å². The van der Waals surface area contributed by atoms with Crippen LogP contribution in [-0.4, -0.2) is 64.0 Å². The number of carbonyl (C=O) groups is 1. The van der Waals surface area contributed by atoms with E-state index in [4.69, 9.17) is 0 Å². The molecule has 0 spiro atoms. The zero-order valence-electron chi connectivity index (χ0n) is 18.9. The van der Waals surface area contributed by atoms with Crippen LogP contribution in [0.1, 0.15) is 34.3 Å². The highest BCUT2D eigenvalue weighted by Gasteiger charge is 2.41. The summed E-state index contributed by atoms with van der Waals surface area (Å²) in [5.74, 6) is -1.82. The minimum Gasteiger partial charge on any atom is -0.332 e. The Morgan fingerprint density at radius 1 is 0.971 bits per heavy atom. The molecule has 1 aliphatic heterocycles. The maximum atomic E-state index is 13.0. The Balaban J connectivity index is 1.34. The van der Waals surface area contributed by atoms with Crippen LogP contribution in [0.2, 0.25) is 0 Å². The Hall–Kier alpha value is -1.98. The molecule has 2 aromatic heterocycles. The third-order valence-electron chi connectivity index (χ3n) is 6.35. The van der Waals surface area contributed by atoms with Crippen LogP contribution in [0.15, 0.2) is 48.8 Å². The fraction of sp³-hybridized carbons (Fsp3) is 0.440. The lowest BCUT2D eigenvalue weighted by molar-refractivity contribution is -0.0884. The Morgan fingerprint density at radius 2 is 1.71 bits per heavy atom. The Morgan fingerprint density at radius 3 is 2.47 bits per heavy atom. The van der Waals surface area contributed by atoms with Crippen LogP contribution >= 0.6 is 22.6 Å². The third-order valence-corrected chi connectivity index (χ3v) is 7.17. The number of pyridine rings is 1. The van der Waals surface area contributed by atoms with Crippen LogP contribution in [0.3, 0.4) is 0 Å². The van der Waals surface area contributed by atoms with Crippen molar-refractivity contribution in [3.8, 4) is 0 Å². The molecule has 0 unspecified atom stereocenters. The Bertz CT molecular complexity index is 1130. The Labute approximate surface area is 211 Å². The van der Waals surface area contributed by atoms with E-state index in [1.54, 1.807) is 16.8 Å². The summed E-state index contributed by atoms with van der Waals surface area (Å²) in [6, 6.07) is 11.7. The van der Waals surface area contributed by atoms with E-state index < -0.39 is 12.0 Å². The van der Waals surface area contributed by atoms with Gasteiger partial charge in [-0.3, -0.25) is 9.69 Å². The van der Waals surface area contributed by atoms with Crippen LogP contribution in [0.5, 0.6) is 0 Å². The number of halogens is 4. The van der Waals surface area contributed by atoms with E-state index in [0.717, 1.165) is 56.5 Å². The Kier molecular flexibility index (Phi) is 8.26. The standard InChI is InChI=1S/C25H28F3IN4O/c26-25(27,28)23(34)22-18-33(24-21(22)8-3-9-30-24)13-5-11-31-10-4-12-32(15-14-31)17-20-7-2-1-6-19(20)16-29/h1-3,6-9,18H,4-5,10-17H2. The minimum absolute atomic E-state index is 0.252. The summed E-state index contributed by atoms with van der Waals surface area (Å²) in [7, 11) is 0. The smallest absolute Gasteiger partial charge is 0.332 e. The lowest BCUT2D eigenvalue weighted by Crippen LogP contribution is -2.31. The zero-order chi connectivity index (χ0) is 24.1. The van der Waals surface area contributed by atoms with Gasteiger partial charge in [0.2, 0.25) is 0 Å². The number of aromatic nitrogens is 2. The van der Waals surface area contributed by atoms with Crippen molar-refractivity contribution < 1.29 is 18.0 Å². The van der Waals surface area contributed by atoms with Crippen LogP contribution in [-0.2, 0) is 17.5 Å². The van der Waals surface area contributed by atoms with Gasteiger partial charge in [0, 0.05) is 48.4 Å². The highest BCUT2D eigenvalue weighted by molar-refractivity contribution is 14.1. The van der Waals surface area contributed by atoms with Gasteiger partial charge >= 0.3 is 6.18 Å². The van der Waals surface area contributed by atoms with E-state index in [-0.39, 0.29) is 10.9 Å². The topological polar surface area (TPSA) is 41.4 Å². The fourth-order valence-electron chi connectivity index (χ4n) is 4.58. The first-order valence-electron chi connectivity index (χ1n) is 11.5. The molecule has 4 rings (SSSR count). The molecule has 9 heteroatoms. The summed E-state index contributed by atoms with van der Waals surface area (Å²) < 4.78 is 41.8. The van der Waals surface area contributed by atoms with Crippen molar-refractivity contribution in [3.05, 3.63) is 65.5 Å². The van der Waals surface area contributed by atoms with Gasteiger partial charge in [-0.15, -0.1) is 0 Å². The van der Waals surface area contributed by atoms with Crippen molar-refractivity contribution in [3.63, 3.8) is 0 Å². The van der Waals surface area contributed by atoms with E-state index in [1.165, 1.54) is 23.4 Å². The number of ketones is 1. The zero-order valence-corrected chi connectivity index (χ0v) is 21.1. The molecule has 34 heavy (non-hydrogen) atoms. The first kappa shape index (κ1) is 25.1. The molecular weight excluding hydrogens is 556 g/mol. The lowest BCUT2D eigenvalue weighted by Gasteiger charge is -2.22. The predicted molar refractivity (Wildman–Crippen MR) is 135 cm³/mol. The summed E-state index contributed by atoms with van der Waals surface area (Å²) in [5.41, 5.74) is 2.88. The van der Waals surface area contributed by atoms with Gasteiger partial charge in [-0.1, -0.05) is 46.9 Å². The number of hydrogen-bond donors (Lipinski definition) is 0. The average Bonchev–Trinajstić information content (AvgIpc) is 3.04. The number of fused-ring (bicyclic) bond motifs is 1. The van der Waals surface area contributed by atoms with E-state index in [9.17, 15) is 18.0 Å². The highest BCUT2D eigenvalue weighted by Crippen LogP contribution is 2.28. The van der Waals surface area contributed by atoms with Gasteiger partial charge in [-0.05, 0) is 55.7 Å². The number of aryl methyl sites for hydroxylation is 1. The first-order chi connectivity index (χ1) is 16.4. The molecule has 0 N–H and O–H groups in total. The van der Waals surface area contributed by atoms with E-state index in [2.05, 4.69) is 61.6 Å². The number of hydrogen-bond acceptors (Lipinski definition) is 4. The first-order valence-corrected chi connectivity index (χ1v) is 13.0. The molecule has 0 aliphatic carbocycles. The monoisotopic (exact) mass is 584 g/mol. The second kappa shape index (κ2) is 11.2. The maximum absolute atomic E-state index is 13.0. The van der Waals surface area contributed by atoms with Crippen molar-refractivity contribution in [2.24, 2.45) is 0 Å². The second-order valence-corrected chi connectivity index (χ2v) is 9.43. The SMILES string of the molecule is O=C(c1cn(CCCN2CCCN(Cc3ccccc3CI)CC2)c2ncccc12)C(F)(F)F. The van der Waals surface area contributed by atoms with Crippen molar-refractivity contribution in [1.82, 2.24) is 19.4 Å². The number of carbonyl (C=O) groups excluding carboxylic acids is 1. The van der Waals surface area contributed by atoms with Gasteiger partial charge in [0.25, 0.3) is 5.78 Å². The van der Waals surface area contributed by atoms with E-state index in [0.29, 0.717) is 12.2 Å². The molecule has 5 nitrogen and oxygen atoms in total. The summed E-state index contributed by atoms with van der Waals surface area (Å²) in [5, 5.41) is 0.252. The molecule has 0 bridgehead atoms. The highest BCUT2D eigenvalue weighted by atomic mass is 127. The van der Waals surface area contributed by atoms with Gasteiger partial charge < -0.3 is 9.47 Å². The molecule has 0 atom stereocenters. The van der Waals surface area contributed by atoms with Crippen molar-refractivity contribution in [1.29, 1.82) is 0 Å². The molecule has 3 aromatic rings. The van der Waals surface area contributed by atoms with Crippen LogP contribution in [0.25, 0.3) is 11.0 Å². The molecule has 1 saturated heterocycles. The van der Waals surface area contributed by atoms with Crippen molar-refractivity contribution in [2.75, 3.05) is 32.7 Å². The molecule has 0 amide bonds. The minimum atomic E-state index is -4.90. The van der Waals surface area contributed by atoms with Gasteiger partial charge in [0.15, 0.2) is 0 Å².